The van der Waals surface area contributed by atoms with Crippen LogP contribution in [0.2, 0.25) is 0 Å². The maximum absolute atomic E-state index is 12.8. The zero-order valence-electron chi connectivity index (χ0n) is 14.3. The lowest BCUT2D eigenvalue weighted by Crippen LogP contribution is -2.40. The molecule has 1 aromatic rings. The van der Waals surface area contributed by atoms with E-state index in [0.29, 0.717) is 17.2 Å². The van der Waals surface area contributed by atoms with Gasteiger partial charge in [0.25, 0.3) is 5.91 Å². The molecule has 0 aromatic heterocycles. The third-order valence-electron chi connectivity index (χ3n) is 4.97. The molecule has 1 heterocycles. The first-order valence-electron chi connectivity index (χ1n) is 8.38. The molecule has 2 fully saturated rings. The normalized spacial score (nSPS) is 27.8. The Bertz CT molecular complexity index is 704. The van der Waals surface area contributed by atoms with Crippen LogP contribution in [0.15, 0.2) is 24.3 Å². The zero-order chi connectivity index (χ0) is 18.1. The monoisotopic (exact) mass is 346 g/mol. The Morgan fingerprint density at radius 1 is 1.28 bits per heavy atom. The van der Waals surface area contributed by atoms with Crippen LogP contribution in [-0.2, 0) is 14.3 Å². The molecule has 1 aliphatic carbocycles. The summed E-state index contributed by atoms with van der Waals surface area (Å²) < 4.78 is 5.21. The summed E-state index contributed by atoms with van der Waals surface area (Å²) >= 11 is 0. The van der Waals surface area contributed by atoms with Gasteiger partial charge in [0.2, 0.25) is 5.91 Å². The summed E-state index contributed by atoms with van der Waals surface area (Å²) in [5.41, 5.74) is 0.897. The van der Waals surface area contributed by atoms with Gasteiger partial charge < -0.3 is 20.1 Å². The largest absolute Gasteiger partial charge is 0.480 e. The zero-order valence-corrected chi connectivity index (χ0v) is 14.3. The van der Waals surface area contributed by atoms with Crippen LogP contribution in [0, 0.1) is 11.8 Å². The minimum Gasteiger partial charge on any atom is -0.480 e. The Hall–Kier alpha value is -2.41. The first-order valence-corrected chi connectivity index (χ1v) is 8.38. The molecule has 0 radical (unpaired) electrons. The average molecular weight is 346 g/mol. The molecule has 1 aromatic carbocycles. The highest BCUT2D eigenvalue weighted by Gasteiger charge is 2.41. The van der Waals surface area contributed by atoms with Crippen LogP contribution in [-0.4, -0.2) is 53.6 Å². The third kappa shape index (κ3) is 3.66. The summed E-state index contributed by atoms with van der Waals surface area (Å²) in [6, 6.07) is 5.71. The highest BCUT2D eigenvalue weighted by atomic mass is 16.5. The van der Waals surface area contributed by atoms with Crippen LogP contribution in [0.3, 0.4) is 0 Å². The summed E-state index contributed by atoms with van der Waals surface area (Å²) in [5.74, 6) is -1.02. The van der Waals surface area contributed by atoms with Crippen molar-refractivity contribution in [3.8, 4) is 0 Å². The Morgan fingerprint density at radius 2 is 2.00 bits per heavy atom. The number of aliphatic carboxylic acids is 1. The van der Waals surface area contributed by atoms with Crippen LogP contribution in [0.25, 0.3) is 0 Å². The van der Waals surface area contributed by atoms with Gasteiger partial charge in [0.05, 0.1) is 6.10 Å². The van der Waals surface area contributed by atoms with Gasteiger partial charge in [-0.2, -0.15) is 0 Å². The number of carbonyl (C=O) groups excluding carboxylic acids is 2. The summed E-state index contributed by atoms with van der Waals surface area (Å²) in [6.45, 7) is 2.26. The lowest BCUT2D eigenvalue weighted by molar-refractivity contribution is -0.141. The van der Waals surface area contributed by atoms with E-state index in [9.17, 15) is 19.5 Å². The quantitative estimate of drug-likeness (QED) is 0.844. The lowest BCUT2D eigenvalue weighted by Gasteiger charge is -2.21. The van der Waals surface area contributed by atoms with Crippen molar-refractivity contribution >= 4 is 23.5 Å². The molecule has 4 unspecified atom stereocenters. The Labute approximate surface area is 146 Å². The molecule has 1 aliphatic heterocycles. The first-order chi connectivity index (χ1) is 11.9. The van der Waals surface area contributed by atoms with Gasteiger partial charge in [-0.3, -0.25) is 9.59 Å². The Morgan fingerprint density at radius 3 is 2.60 bits per heavy atom. The van der Waals surface area contributed by atoms with Crippen LogP contribution < -0.4 is 5.32 Å². The van der Waals surface area contributed by atoms with Crippen molar-refractivity contribution < 1.29 is 24.2 Å². The van der Waals surface area contributed by atoms with Crippen LogP contribution in [0.4, 0.5) is 5.69 Å². The van der Waals surface area contributed by atoms with Gasteiger partial charge in [-0.15, -0.1) is 0 Å². The van der Waals surface area contributed by atoms with Crippen molar-refractivity contribution in [2.45, 2.75) is 31.9 Å². The van der Waals surface area contributed by atoms with E-state index in [1.54, 1.807) is 24.3 Å². The molecular weight excluding hydrogens is 324 g/mol. The first kappa shape index (κ1) is 17.4. The molecule has 2 N–H and O–H groups in total. The molecule has 0 spiro atoms. The SMILES string of the molecule is COC1CC(C(=O)O)N(C(=O)c2cccc(NC(=O)C3CC3C)c2)C1. The fraction of sp³-hybridized carbons (Fsp3) is 0.500. The maximum Gasteiger partial charge on any atom is 0.326 e. The predicted molar refractivity (Wildman–Crippen MR) is 90.2 cm³/mol. The molecule has 134 valence electrons. The standard InChI is InChI=1S/C18H22N2O5/c1-10-6-14(10)16(21)19-12-5-3-4-11(7-12)17(22)20-9-13(25-2)8-15(20)18(23)24/h3-5,7,10,13-15H,6,8-9H2,1-2H3,(H,19,21)(H,23,24). The number of hydrogen-bond donors (Lipinski definition) is 2. The molecule has 25 heavy (non-hydrogen) atoms. The molecular formula is C18H22N2O5. The smallest absolute Gasteiger partial charge is 0.326 e. The summed E-state index contributed by atoms with van der Waals surface area (Å²) in [5, 5.41) is 12.2. The lowest BCUT2D eigenvalue weighted by atomic mass is 10.1. The number of nitrogens with zero attached hydrogens (tertiary/aromatic N) is 1. The number of methoxy groups -OCH3 is 1. The number of nitrogens with one attached hydrogen (secondary N) is 1. The molecule has 0 bridgehead atoms. The maximum atomic E-state index is 12.8. The van der Waals surface area contributed by atoms with Crippen molar-refractivity contribution in [1.29, 1.82) is 0 Å². The van der Waals surface area contributed by atoms with E-state index < -0.39 is 12.0 Å². The molecule has 4 atom stereocenters. The van der Waals surface area contributed by atoms with E-state index in [4.69, 9.17) is 4.74 Å². The van der Waals surface area contributed by atoms with Gasteiger partial charge in [0.15, 0.2) is 0 Å². The topological polar surface area (TPSA) is 95.9 Å². The second-order valence-corrected chi connectivity index (χ2v) is 6.79. The highest BCUT2D eigenvalue weighted by Crippen LogP contribution is 2.38. The van der Waals surface area contributed by atoms with E-state index in [2.05, 4.69) is 5.32 Å². The van der Waals surface area contributed by atoms with Crippen molar-refractivity contribution in [1.82, 2.24) is 4.90 Å². The predicted octanol–water partition coefficient (Wildman–Crippen LogP) is 1.60. The summed E-state index contributed by atoms with van der Waals surface area (Å²) in [7, 11) is 1.51. The number of amides is 2. The van der Waals surface area contributed by atoms with Gasteiger partial charge in [-0.25, -0.2) is 4.79 Å². The van der Waals surface area contributed by atoms with Gasteiger partial charge >= 0.3 is 5.97 Å². The molecule has 2 aliphatic rings. The molecule has 3 rings (SSSR count). The van der Waals surface area contributed by atoms with E-state index in [1.165, 1.54) is 12.0 Å². The summed E-state index contributed by atoms with van der Waals surface area (Å²) in [6.07, 6.45) is 0.870. The second-order valence-electron chi connectivity index (χ2n) is 6.79. The van der Waals surface area contributed by atoms with Crippen LogP contribution in [0.1, 0.15) is 30.1 Å². The van der Waals surface area contributed by atoms with Crippen molar-refractivity contribution in [2.75, 3.05) is 19.0 Å². The van der Waals surface area contributed by atoms with Crippen molar-refractivity contribution in [3.63, 3.8) is 0 Å². The van der Waals surface area contributed by atoms with E-state index >= 15 is 0 Å². The van der Waals surface area contributed by atoms with Gasteiger partial charge in [0.1, 0.15) is 6.04 Å². The van der Waals surface area contributed by atoms with E-state index in [-0.39, 0.29) is 36.8 Å². The molecule has 7 heteroatoms. The highest BCUT2D eigenvalue weighted by molar-refractivity contribution is 5.99. The Balaban J connectivity index is 1.74. The van der Waals surface area contributed by atoms with Crippen LogP contribution >= 0.6 is 0 Å². The van der Waals surface area contributed by atoms with Gasteiger partial charge in [-0.05, 0) is 30.5 Å². The number of benzene rings is 1. The number of rotatable bonds is 5. The minimum atomic E-state index is -1.04. The van der Waals surface area contributed by atoms with Gasteiger partial charge in [0, 0.05) is 37.2 Å². The second kappa shape index (κ2) is 6.84. The molecule has 7 nitrogen and oxygen atoms in total. The van der Waals surface area contributed by atoms with Crippen LogP contribution in [0.5, 0.6) is 0 Å². The van der Waals surface area contributed by atoms with E-state index in [0.717, 1.165) is 6.42 Å². The number of likely N-dealkylation sites (tertiary alicyclic amines) is 1. The van der Waals surface area contributed by atoms with Crippen molar-refractivity contribution in [2.24, 2.45) is 11.8 Å². The van der Waals surface area contributed by atoms with E-state index in [1.807, 2.05) is 6.92 Å². The summed E-state index contributed by atoms with van der Waals surface area (Å²) in [4.78, 5) is 37.5. The molecule has 1 saturated heterocycles. The minimum absolute atomic E-state index is 0.0387. The average Bonchev–Trinajstić information content (AvgIpc) is 3.17. The molecule has 1 saturated carbocycles. The number of carboxylic acid groups (broad SMARTS) is 1. The number of ether oxygens (including phenoxy) is 1. The number of anilines is 1. The Kier molecular flexibility index (Phi) is 4.76. The fourth-order valence-electron chi connectivity index (χ4n) is 3.24. The van der Waals surface area contributed by atoms with Gasteiger partial charge in [-0.1, -0.05) is 13.0 Å². The number of carboxylic acids is 1. The number of carbonyl (C=O) groups is 3. The van der Waals surface area contributed by atoms with Crippen molar-refractivity contribution in [3.05, 3.63) is 29.8 Å². The third-order valence-corrected chi connectivity index (χ3v) is 4.97. The molecule has 2 amide bonds. The fourth-order valence-corrected chi connectivity index (χ4v) is 3.24. The number of hydrogen-bond acceptors (Lipinski definition) is 4.